The lowest BCUT2D eigenvalue weighted by Crippen LogP contribution is -2.21. The van der Waals surface area contributed by atoms with E-state index < -0.39 is 8.07 Å². The fourth-order valence-electron chi connectivity index (χ4n) is 3.92. The van der Waals surface area contributed by atoms with Crippen molar-refractivity contribution in [2.75, 3.05) is 0 Å². The van der Waals surface area contributed by atoms with Crippen LogP contribution in [0.2, 0.25) is 19.6 Å². The second kappa shape index (κ2) is 5.07. The first-order valence-electron chi connectivity index (χ1n) is 8.59. The number of rotatable bonds is 2. The van der Waals surface area contributed by atoms with Crippen LogP contribution in [0.1, 0.15) is 23.6 Å². The van der Waals surface area contributed by atoms with E-state index in [4.69, 9.17) is 0 Å². The average molecular weight is 317 g/mol. The van der Waals surface area contributed by atoms with Crippen molar-refractivity contribution in [2.24, 2.45) is 5.92 Å². The van der Waals surface area contributed by atoms with E-state index in [0.717, 1.165) is 6.42 Å². The summed E-state index contributed by atoms with van der Waals surface area (Å²) in [6.45, 7) is 9.67. The zero-order valence-electron chi connectivity index (χ0n) is 14.5. The summed E-state index contributed by atoms with van der Waals surface area (Å²) < 4.78 is 0. The van der Waals surface area contributed by atoms with Gasteiger partial charge in [0.2, 0.25) is 0 Å². The molecule has 0 radical (unpaired) electrons. The van der Waals surface area contributed by atoms with Gasteiger partial charge >= 0.3 is 0 Å². The molecule has 0 saturated heterocycles. The van der Waals surface area contributed by atoms with Crippen molar-refractivity contribution in [1.82, 2.24) is 0 Å². The third-order valence-electron chi connectivity index (χ3n) is 5.26. The lowest BCUT2D eigenvalue weighted by Gasteiger charge is -2.15. The largest absolute Gasteiger partial charge is 0.0780 e. The fourth-order valence-corrected chi connectivity index (χ4v) is 5.26. The normalized spacial score (nSPS) is 19.2. The Labute approximate surface area is 140 Å². The molecule has 1 atom stereocenters. The van der Waals surface area contributed by atoms with Gasteiger partial charge in [0.15, 0.2) is 0 Å². The van der Waals surface area contributed by atoms with Crippen molar-refractivity contribution in [3.63, 3.8) is 0 Å². The van der Waals surface area contributed by atoms with E-state index in [1.165, 1.54) is 33.4 Å². The summed E-state index contributed by atoms with van der Waals surface area (Å²) in [7, 11) is -1.25. The summed E-state index contributed by atoms with van der Waals surface area (Å²) in [6, 6.07) is 15.7. The minimum absolute atomic E-state index is 0.534. The van der Waals surface area contributed by atoms with E-state index in [9.17, 15) is 0 Å². The third kappa shape index (κ3) is 2.35. The monoisotopic (exact) mass is 316 g/mol. The second-order valence-electron chi connectivity index (χ2n) is 7.93. The van der Waals surface area contributed by atoms with Gasteiger partial charge in [0.1, 0.15) is 0 Å². The standard InChI is InChI=1S/C22H24Si/c1-15-12-17(23(2,3)4)14-21(15)20-11-7-10-19-18-9-6-5-8-16(18)13-22(19)20/h5-12,14-15H,13H2,1-4H3. The molecule has 116 valence electrons. The molecule has 2 aromatic rings. The Hall–Kier alpha value is -1.86. The van der Waals surface area contributed by atoms with Crippen LogP contribution in [0.25, 0.3) is 16.7 Å². The molecule has 2 aliphatic carbocycles. The van der Waals surface area contributed by atoms with Crippen LogP contribution in [0.3, 0.4) is 0 Å². The lowest BCUT2D eigenvalue weighted by molar-refractivity contribution is 0.975. The SMILES string of the molecule is CC1C=C([Si](C)(C)C)C=C1c1cccc2c1Cc1ccccc1-2. The molecule has 2 aliphatic rings. The lowest BCUT2D eigenvalue weighted by atomic mass is 9.91. The van der Waals surface area contributed by atoms with Crippen molar-refractivity contribution in [1.29, 1.82) is 0 Å². The van der Waals surface area contributed by atoms with Gasteiger partial charge in [-0.15, -0.1) is 0 Å². The molecule has 0 saturated carbocycles. The van der Waals surface area contributed by atoms with E-state index in [1.807, 2.05) is 0 Å². The molecule has 0 amide bonds. The molecule has 4 rings (SSSR count). The number of allylic oxidation sites excluding steroid dienone is 4. The van der Waals surface area contributed by atoms with Crippen molar-refractivity contribution >= 4 is 13.6 Å². The average Bonchev–Trinajstić information content (AvgIpc) is 3.07. The smallest absolute Gasteiger partial charge is 0.0772 e. The van der Waals surface area contributed by atoms with Gasteiger partial charge in [-0.1, -0.05) is 86.4 Å². The predicted molar refractivity (Wildman–Crippen MR) is 103 cm³/mol. The van der Waals surface area contributed by atoms with E-state index in [0.29, 0.717) is 5.92 Å². The molecule has 2 aromatic carbocycles. The number of hydrogen-bond acceptors (Lipinski definition) is 0. The van der Waals surface area contributed by atoms with Crippen LogP contribution in [0.5, 0.6) is 0 Å². The molecule has 0 bridgehead atoms. The minimum atomic E-state index is -1.25. The first-order valence-corrected chi connectivity index (χ1v) is 12.1. The zero-order valence-corrected chi connectivity index (χ0v) is 15.5. The number of benzene rings is 2. The van der Waals surface area contributed by atoms with Crippen molar-refractivity contribution < 1.29 is 0 Å². The van der Waals surface area contributed by atoms with Gasteiger partial charge < -0.3 is 0 Å². The summed E-state index contributed by atoms with van der Waals surface area (Å²) in [5.74, 6) is 0.534. The highest BCUT2D eigenvalue weighted by molar-refractivity contribution is 6.84. The van der Waals surface area contributed by atoms with Gasteiger partial charge in [-0.3, -0.25) is 0 Å². The summed E-state index contributed by atoms with van der Waals surface area (Å²) in [6.07, 6.45) is 6.08. The highest BCUT2D eigenvalue weighted by Crippen LogP contribution is 2.44. The Morgan fingerprint density at radius 3 is 2.30 bits per heavy atom. The molecule has 0 aliphatic heterocycles. The molecule has 0 spiro atoms. The summed E-state index contributed by atoms with van der Waals surface area (Å²) in [5, 5.41) is 1.60. The van der Waals surface area contributed by atoms with E-state index >= 15 is 0 Å². The third-order valence-corrected chi connectivity index (χ3v) is 7.30. The first-order chi connectivity index (χ1) is 10.9. The Balaban J connectivity index is 1.82. The Morgan fingerprint density at radius 1 is 0.870 bits per heavy atom. The molecular formula is C22H24Si. The van der Waals surface area contributed by atoms with Gasteiger partial charge in [-0.05, 0) is 45.7 Å². The topological polar surface area (TPSA) is 0 Å². The van der Waals surface area contributed by atoms with Crippen LogP contribution >= 0.6 is 0 Å². The van der Waals surface area contributed by atoms with Crippen LogP contribution in [0, 0.1) is 5.92 Å². The summed E-state index contributed by atoms with van der Waals surface area (Å²) in [4.78, 5) is 0. The second-order valence-corrected chi connectivity index (χ2v) is 13.0. The van der Waals surface area contributed by atoms with Crippen LogP contribution in [-0.2, 0) is 6.42 Å². The Morgan fingerprint density at radius 2 is 1.57 bits per heavy atom. The molecule has 23 heavy (non-hydrogen) atoms. The molecule has 0 heterocycles. The van der Waals surface area contributed by atoms with Crippen molar-refractivity contribution in [3.8, 4) is 11.1 Å². The highest BCUT2D eigenvalue weighted by Gasteiger charge is 2.28. The quantitative estimate of drug-likeness (QED) is 0.501. The van der Waals surface area contributed by atoms with Crippen LogP contribution in [0.15, 0.2) is 59.8 Å². The number of hydrogen-bond donors (Lipinski definition) is 0. The van der Waals surface area contributed by atoms with Gasteiger partial charge in [0.25, 0.3) is 0 Å². The Bertz CT molecular complexity index is 847. The maximum Gasteiger partial charge on any atom is 0.0772 e. The van der Waals surface area contributed by atoms with E-state index in [-0.39, 0.29) is 0 Å². The van der Waals surface area contributed by atoms with E-state index in [2.05, 4.69) is 81.2 Å². The molecule has 0 aromatic heterocycles. The van der Waals surface area contributed by atoms with E-state index in [1.54, 1.807) is 5.20 Å². The van der Waals surface area contributed by atoms with Crippen molar-refractivity contribution in [2.45, 2.75) is 33.0 Å². The summed E-state index contributed by atoms with van der Waals surface area (Å²) >= 11 is 0. The van der Waals surface area contributed by atoms with Crippen LogP contribution in [0.4, 0.5) is 0 Å². The molecule has 0 N–H and O–H groups in total. The van der Waals surface area contributed by atoms with Crippen molar-refractivity contribution in [3.05, 3.63) is 76.5 Å². The molecule has 1 heteroatoms. The minimum Gasteiger partial charge on any atom is -0.0780 e. The summed E-state index contributed by atoms with van der Waals surface area (Å²) in [5.41, 5.74) is 8.85. The van der Waals surface area contributed by atoms with Gasteiger partial charge in [-0.25, -0.2) is 0 Å². The molecular weight excluding hydrogens is 292 g/mol. The van der Waals surface area contributed by atoms with Crippen LogP contribution < -0.4 is 0 Å². The van der Waals surface area contributed by atoms with Gasteiger partial charge in [0, 0.05) is 0 Å². The predicted octanol–water partition coefficient (Wildman–Crippen LogP) is 6.09. The number of fused-ring (bicyclic) bond motifs is 3. The first kappa shape index (κ1) is 14.7. The maximum atomic E-state index is 2.50. The highest BCUT2D eigenvalue weighted by atomic mass is 28.3. The Kier molecular flexibility index (Phi) is 3.24. The van der Waals surface area contributed by atoms with Gasteiger partial charge in [-0.2, -0.15) is 0 Å². The zero-order chi connectivity index (χ0) is 16.2. The molecule has 0 nitrogen and oxygen atoms in total. The van der Waals surface area contributed by atoms with Gasteiger partial charge in [0.05, 0.1) is 8.07 Å². The molecule has 1 unspecified atom stereocenters. The maximum absolute atomic E-state index is 2.50. The van der Waals surface area contributed by atoms with Crippen LogP contribution in [-0.4, -0.2) is 8.07 Å². The fraction of sp³-hybridized carbons (Fsp3) is 0.273. The molecule has 0 fully saturated rings.